The predicted octanol–water partition coefficient (Wildman–Crippen LogP) is 7.21. The second-order valence-corrected chi connectivity index (χ2v) is 13.9. The van der Waals surface area contributed by atoms with Gasteiger partial charge in [0.25, 0.3) is 0 Å². The average molecular weight is 747 g/mol. The maximum atomic E-state index is 13.7. The molecule has 12 heteroatoms. The molecule has 1 amide bonds. The summed E-state index contributed by atoms with van der Waals surface area (Å²) >= 11 is 0. The summed E-state index contributed by atoms with van der Waals surface area (Å²) in [6, 6.07) is 10.0. The fourth-order valence-electron chi connectivity index (χ4n) is 8.36. The standard InChI is InChI=1S/C42H54N2O10/c1-6-8-22-51-41(48)44(3)38-26-35(43-50-5)33-24-28(13-9-11-19-45)32(14-10-12-20-46)39-34-25-31(53-30-15-17-36(49-4)29(23-30)27-47)16-18-37(34)54-42(38,40(33)39)52-21-7-2/h6-7,15-18,23-25,27-28,32,38-40,45-46H,1-2,8-14,19-22,26H2,3-5H3/t28-,32+,38-,39+,40+,42+/m0/s1. The summed E-state index contributed by atoms with van der Waals surface area (Å²) < 4.78 is 31.3. The number of rotatable bonds is 20. The summed E-state index contributed by atoms with van der Waals surface area (Å²) in [4.78, 5) is 32.5. The zero-order chi connectivity index (χ0) is 38.7. The van der Waals surface area contributed by atoms with Crippen molar-refractivity contribution in [1.82, 2.24) is 4.90 Å². The Balaban J connectivity index is 1.72. The van der Waals surface area contributed by atoms with Crippen molar-refractivity contribution in [3.63, 3.8) is 0 Å². The number of nitrogens with zero attached hydrogens (tertiary/aromatic N) is 2. The quantitative estimate of drug-likeness (QED) is 0.0617. The molecule has 0 saturated heterocycles. The molecule has 2 aromatic carbocycles. The number of hydrogen-bond donors (Lipinski definition) is 2. The zero-order valence-corrected chi connectivity index (χ0v) is 31.6. The molecule has 1 heterocycles. The molecule has 0 bridgehead atoms. The number of methoxy groups -OCH3 is 1. The Morgan fingerprint density at radius 1 is 1.04 bits per heavy atom. The van der Waals surface area contributed by atoms with Gasteiger partial charge in [0.1, 0.15) is 36.1 Å². The minimum absolute atomic E-state index is 0.0450. The van der Waals surface area contributed by atoms with Gasteiger partial charge in [0.2, 0.25) is 5.79 Å². The number of allylic oxidation sites excluding steroid dienone is 1. The third-order valence-corrected chi connectivity index (χ3v) is 10.7. The molecule has 3 aliphatic rings. The van der Waals surface area contributed by atoms with E-state index in [4.69, 9.17) is 28.5 Å². The molecule has 0 spiro atoms. The maximum absolute atomic E-state index is 13.7. The Labute approximate surface area is 318 Å². The summed E-state index contributed by atoms with van der Waals surface area (Å²) in [6.07, 6.45) is 11.1. The number of aliphatic hydroxyl groups is 2. The van der Waals surface area contributed by atoms with Crippen molar-refractivity contribution in [2.45, 2.75) is 69.1 Å². The van der Waals surface area contributed by atoms with Crippen LogP contribution in [0.25, 0.3) is 0 Å². The van der Waals surface area contributed by atoms with Gasteiger partial charge in [0, 0.05) is 38.2 Å². The van der Waals surface area contributed by atoms with Gasteiger partial charge in [-0.2, -0.15) is 0 Å². The molecule has 5 rings (SSSR count). The number of benzene rings is 2. The van der Waals surface area contributed by atoms with Crippen LogP contribution >= 0.6 is 0 Å². The van der Waals surface area contributed by atoms with Crippen molar-refractivity contribution in [3.8, 4) is 23.0 Å². The Morgan fingerprint density at radius 3 is 2.46 bits per heavy atom. The number of hydrogen-bond acceptors (Lipinski definition) is 11. The molecule has 0 unspecified atom stereocenters. The first kappa shape index (κ1) is 40.5. The van der Waals surface area contributed by atoms with Crippen LogP contribution in [-0.4, -0.2) is 92.7 Å². The monoisotopic (exact) mass is 746 g/mol. The van der Waals surface area contributed by atoms with Crippen molar-refractivity contribution in [3.05, 3.63) is 84.5 Å². The van der Waals surface area contributed by atoms with E-state index >= 15 is 0 Å². The Hall–Kier alpha value is -4.65. The summed E-state index contributed by atoms with van der Waals surface area (Å²) in [5.74, 6) is 0.0857. The molecule has 0 aromatic heterocycles. The van der Waals surface area contributed by atoms with Crippen LogP contribution in [0.3, 0.4) is 0 Å². The van der Waals surface area contributed by atoms with Crippen LogP contribution in [0.5, 0.6) is 23.0 Å². The molecule has 1 aliphatic heterocycles. The highest BCUT2D eigenvalue weighted by Gasteiger charge is 2.65. The summed E-state index contributed by atoms with van der Waals surface area (Å²) in [5, 5.41) is 24.1. The van der Waals surface area contributed by atoms with E-state index in [2.05, 4.69) is 24.4 Å². The van der Waals surface area contributed by atoms with Gasteiger partial charge < -0.3 is 43.6 Å². The van der Waals surface area contributed by atoms with Gasteiger partial charge in [-0.1, -0.05) is 36.2 Å². The molecule has 2 aliphatic carbocycles. The Kier molecular flexibility index (Phi) is 14.3. The number of likely N-dealkylation sites (N-methyl/N-ethyl adjacent to an activating group) is 1. The largest absolute Gasteiger partial charge is 0.496 e. The van der Waals surface area contributed by atoms with Gasteiger partial charge in [0.15, 0.2) is 6.29 Å². The van der Waals surface area contributed by atoms with Crippen LogP contribution in [0.4, 0.5) is 4.79 Å². The fourth-order valence-corrected chi connectivity index (χ4v) is 8.36. The van der Waals surface area contributed by atoms with Gasteiger partial charge in [-0.3, -0.25) is 4.79 Å². The molecular formula is C42H54N2O10. The van der Waals surface area contributed by atoms with Crippen molar-refractivity contribution in [2.24, 2.45) is 22.9 Å². The summed E-state index contributed by atoms with van der Waals surface area (Å²) in [5.41, 5.74) is 2.87. The highest BCUT2D eigenvalue weighted by molar-refractivity contribution is 6.02. The van der Waals surface area contributed by atoms with E-state index in [-0.39, 0.29) is 50.6 Å². The zero-order valence-electron chi connectivity index (χ0n) is 31.6. The molecule has 54 heavy (non-hydrogen) atoms. The van der Waals surface area contributed by atoms with Crippen LogP contribution in [0.2, 0.25) is 0 Å². The Morgan fingerprint density at radius 2 is 1.78 bits per heavy atom. The number of aldehydes is 1. The number of ether oxygens (including phenoxy) is 5. The van der Waals surface area contributed by atoms with Crippen LogP contribution in [0.15, 0.2) is 78.5 Å². The predicted molar refractivity (Wildman–Crippen MR) is 204 cm³/mol. The lowest BCUT2D eigenvalue weighted by atomic mass is 9.55. The number of fused-ring (bicyclic) bond motifs is 2. The summed E-state index contributed by atoms with van der Waals surface area (Å²) in [6.45, 7) is 8.18. The number of amides is 1. The second-order valence-electron chi connectivity index (χ2n) is 13.9. The smallest absolute Gasteiger partial charge is 0.409 e. The number of carbonyl (C=O) groups excluding carboxylic acids is 2. The second kappa shape index (κ2) is 19.1. The first-order chi connectivity index (χ1) is 26.3. The SMILES string of the molecule is C=CCCOC(=O)N(C)[C@H]1CC(=NOC)C2=C[C@H](CCCCO)[C@@H](CCCCO)[C@@H]3c4cc(Oc5ccc(OC)c(C=O)c5)ccc4O[C@@]1(OCC=C)[C@H]23. The van der Waals surface area contributed by atoms with Gasteiger partial charge in [-0.15, -0.1) is 13.2 Å². The number of aliphatic hydroxyl groups excluding tert-OH is 2. The van der Waals surface area contributed by atoms with Gasteiger partial charge in [-0.05, 0) is 85.9 Å². The molecule has 2 N–H and O–H groups in total. The van der Waals surface area contributed by atoms with Crippen molar-refractivity contribution < 1.29 is 48.3 Å². The lowest BCUT2D eigenvalue weighted by Crippen LogP contribution is -2.69. The van der Waals surface area contributed by atoms with Gasteiger partial charge >= 0.3 is 6.09 Å². The van der Waals surface area contributed by atoms with E-state index < -0.39 is 23.8 Å². The number of oxime groups is 1. The Bertz CT molecular complexity index is 1690. The van der Waals surface area contributed by atoms with Crippen molar-refractivity contribution >= 4 is 18.1 Å². The molecule has 1 fully saturated rings. The third-order valence-electron chi connectivity index (χ3n) is 10.7. The minimum atomic E-state index is -1.39. The fraction of sp³-hybridized carbons (Fsp3) is 0.500. The first-order valence-electron chi connectivity index (χ1n) is 18.7. The topological polar surface area (TPSA) is 146 Å². The van der Waals surface area contributed by atoms with Crippen LogP contribution in [0.1, 0.15) is 73.2 Å². The maximum Gasteiger partial charge on any atom is 0.409 e. The molecular weight excluding hydrogens is 692 g/mol. The summed E-state index contributed by atoms with van der Waals surface area (Å²) in [7, 11) is 4.70. The lowest BCUT2D eigenvalue weighted by molar-refractivity contribution is -0.253. The van der Waals surface area contributed by atoms with Crippen molar-refractivity contribution in [2.75, 3.05) is 47.7 Å². The van der Waals surface area contributed by atoms with Gasteiger partial charge in [0.05, 0.1) is 37.5 Å². The van der Waals surface area contributed by atoms with E-state index in [1.54, 1.807) is 37.4 Å². The van der Waals surface area contributed by atoms with E-state index in [0.29, 0.717) is 53.5 Å². The highest BCUT2D eigenvalue weighted by Crippen LogP contribution is 2.62. The van der Waals surface area contributed by atoms with Crippen molar-refractivity contribution in [1.29, 1.82) is 0 Å². The molecule has 6 atom stereocenters. The molecule has 0 radical (unpaired) electrons. The highest BCUT2D eigenvalue weighted by atomic mass is 16.7. The third kappa shape index (κ3) is 8.51. The van der Waals surface area contributed by atoms with Crippen LogP contribution in [0, 0.1) is 17.8 Å². The van der Waals surface area contributed by atoms with E-state index in [1.165, 1.54) is 19.1 Å². The molecule has 2 aromatic rings. The van der Waals surface area contributed by atoms with E-state index in [0.717, 1.165) is 43.1 Å². The lowest BCUT2D eigenvalue weighted by Gasteiger charge is -2.59. The molecule has 12 nitrogen and oxygen atoms in total. The van der Waals surface area contributed by atoms with Crippen LogP contribution < -0.4 is 14.2 Å². The number of unbranched alkanes of at least 4 members (excludes halogenated alkanes) is 2. The van der Waals surface area contributed by atoms with Gasteiger partial charge in [-0.25, -0.2) is 4.79 Å². The van der Waals surface area contributed by atoms with Crippen LogP contribution in [-0.2, 0) is 14.3 Å². The normalized spacial score (nSPS) is 24.6. The molecule has 1 saturated carbocycles. The van der Waals surface area contributed by atoms with E-state index in [1.807, 2.05) is 18.2 Å². The number of carbonyl (C=O) groups is 2. The molecule has 292 valence electrons. The van der Waals surface area contributed by atoms with E-state index in [9.17, 15) is 19.8 Å². The minimum Gasteiger partial charge on any atom is -0.496 e. The average Bonchev–Trinajstić information content (AvgIpc) is 3.18. The first-order valence-corrected chi connectivity index (χ1v) is 18.7.